The van der Waals surface area contributed by atoms with Gasteiger partial charge in [0.05, 0.1) is 24.2 Å². The Labute approximate surface area is 151 Å². The van der Waals surface area contributed by atoms with Crippen LogP contribution in [0.3, 0.4) is 0 Å². The molecule has 0 fully saturated rings. The van der Waals surface area contributed by atoms with E-state index in [1.807, 2.05) is 26.0 Å². The average molecular weight is 383 g/mol. The molecule has 0 radical (unpaired) electrons. The Morgan fingerprint density at radius 1 is 1.28 bits per heavy atom. The van der Waals surface area contributed by atoms with Crippen LogP contribution in [0.1, 0.15) is 18.3 Å². The monoisotopic (exact) mass is 383 g/mol. The van der Waals surface area contributed by atoms with Crippen molar-refractivity contribution < 1.29 is 13.2 Å². The van der Waals surface area contributed by atoms with Crippen LogP contribution in [0, 0.1) is 6.92 Å². The van der Waals surface area contributed by atoms with E-state index in [4.69, 9.17) is 5.73 Å². The van der Waals surface area contributed by atoms with Gasteiger partial charge in [-0.1, -0.05) is 29.5 Å². The SMILES string of the molecule is CCn1c(CN(c2ccc(C)cc2)S(C)(=O)=O)nnc1SCC(N)=O. The van der Waals surface area contributed by atoms with Crippen molar-refractivity contribution in [2.75, 3.05) is 16.3 Å². The van der Waals surface area contributed by atoms with Gasteiger partial charge in [0.25, 0.3) is 0 Å². The van der Waals surface area contributed by atoms with Gasteiger partial charge in [0, 0.05) is 6.54 Å². The molecule has 1 amide bonds. The summed E-state index contributed by atoms with van der Waals surface area (Å²) in [7, 11) is -3.50. The molecule has 1 heterocycles. The van der Waals surface area contributed by atoms with E-state index in [1.54, 1.807) is 16.7 Å². The number of hydrogen-bond donors (Lipinski definition) is 1. The number of anilines is 1. The fourth-order valence-corrected chi connectivity index (χ4v) is 3.85. The highest BCUT2D eigenvalue weighted by molar-refractivity contribution is 7.99. The van der Waals surface area contributed by atoms with Crippen LogP contribution in [0.15, 0.2) is 29.4 Å². The van der Waals surface area contributed by atoms with E-state index in [1.165, 1.54) is 16.1 Å². The number of sulfonamides is 1. The molecule has 0 bridgehead atoms. The van der Waals surface area contributed by atoms with Gasteiger partial charge in [-0.3, -0.25) is 9.10 Å². The Kier molecular flexibility index (Phi) is 6.07. The Hall–Kier alpha value is -2.07. The summed E-state index contributed by atoms with van der Waals surface area (Å²) >= 11 is 1.18. The van der Waals surface area contributed by atoms with Crippen LogP contribution in [0.4, 0.5) is 5.69 Å². The molecule has 10 heteroatoms. The number of nitrogens with zero attached hydrogens (tertiary/aromatic N) is 4. The number of amides is 1. The fourth-order valence-electron chi connectivity index (χ4n) is 2.24. The van der Waals surface area contributed by atoms with Gasteiger partial charge in [-0.25, -0.2) is 8.42 Å². The lowest BCUT2D eigenvalue weighted by atomic mass is 10.2. The molecule has 25 heavy (non-hydrogen) atoms. The zero-order valence-electron chi connectivity index (χ0n) is 14.3. The number of benzene rings is 1. The van der Waals surface area contributed by atoms with Crippen molar-refractivity contribution in [3.8, 4) is 0 Å². The van der Waals surface area contributed by atoms with Crippen molar-refractivity contribution in [1.29, 1.82) is 0 Å². The third kappa shape index (κ3) is 4.95. The van der Waals surface area contributed by atoms with E-state index in [-0.39, 0.29) is 12.3 Å². The second-order valence-electron chi connectivity index (χ2n) is 5.50. The molecule has 0 unspecified atom stereocenters. The standard InChI is InChI=1S/C15H21N5O3S2/c1-4-19-14(17-18-15(19)24-10-13(16)21)9-20(25(3,22)23)12-7-5-11(2)6-8-12/h5-8H,4,9-10H2,1-3H3,(H2,16,21). The lowest BCUT2D eigenvalue weighted by Crippen LogP contribution is -2.30. The third-order valence-electron chi connectivity index (χ3n) is 3.46. The summed E-state index contributed by atoms with van der Waals surface area (Å²) < 4.78 is 27.6. The topological polar surface area (TPSA) is 111 Å². The second-order valence-corrected chi connectivity index (χ2v) is 8.35. The van der Waals surface area contributed by atoms with Gasteiger partial charge >= 0.3 is 0 Å². The maximum absolute atomic E-state index is 12.2. The van der Waals surface area contributed by atoms with Crippen LogP contribution in [0.5, 0.6) is 0 Å². The molecule has 8 nitrogen and oxygen atoms in total. The second kappa shape index (κ2) is 7.87. The predicted octanol–water partition coefficient (Wildman–Crippen LogP) is 1.15. The molecule has 0 aliphatic carbocycles. The number of aromatic nitrogens is 3. The van der Waals surface area contributed by atoms with Gasteiger partial charge in [0.2, 0.25) is 15.9 Å². The van der Waals surface area contributed by atoms with Crippen LogP contribution in [0.25, 0.3) is 0 Å². The minimum absolute atomic E-state index is 0.0554. The molecule has 1 aromatic carbocycles. The van der Waals surface area contributed by atoms with Gasteiger partial charge in [0.15, 0.2) is 11.0 Å². The molecule has 0 atom stereocenters. The highest BCUT2D eigenvalue weighted by Gasteiger charge is 2.22. The van der Waals surface area contributed by atoms with Gasteiger partial charge in [-0.2, -0.15) is 0 Å². The number of nitrogens with two attached hydrogens (primary N) is 1. The van der Waals surface area contributed by atoms with Crippen molar-refractivity contribution in [3.63, 3.8) is 0 Å². The van der Waals surface area contributed by atoms with Crippen LogP contribution >= 0.6 is 11.8 Å². The minimum atomic E-state index is -3.50. The van der Waals surface area contributed by atoms with Gasteiger partial charge in [-0.15, -0.1) is 10.2 Å². The number of carbonyl (C=O) groups excluding carboxylic acids is 1. The molecule has 2 aromatic rings. The summed E-state index contributed by atoms with van der Waals surface area (Å²) in [5.41, 5.74) is 6.76. The molecule has 0 aliphatic heterocycles. The molecule has 0 saturated carbocycles. The largest absolute Gasteiger partial charge is 0.369 e. The predicted molar refractivity (Wildman–Crippen MR) is 97.8 cm³/mol. The first-order chi connectivity index (χ1) is 11.7. The van der Waals surface area contributed by atoms with E-state index in [9.17, 15) is 13.2 Å². The van der Waals surface area contributed by atoms with Crippen molar-refractivity contribution >= 4 is 33.4 Å². The molecule has 0 aliphatic rings. The number of thioether (sulfide) groups is 1. The molecular formula is C15H21N5O3S2. The average Bonchev–Trinajstić information content (AvgIpc) is 2.92. The zero-order chi connectivity index (χ0) is 18.6. The number of aryl methyl sites for hydroxylation is 1. The van der Waals surface area contributed by atoms with Crippen LogP contribution < -0.4 is 10.0 Å². The van der Waals surface area contributed by atoms with Crippen molar-refractivity contribution in [3.05, 3.63) is 35.7 Å². The summed E-state index contributed by atoms with van der Waals surface area (Å²) in [5, 5.41) is 8.68. The van der Waals surface area contributed by atoms with Crippen LogP contribution in [-0.4, -0.2) is 41.1 Å². The summed E-state index contributed by atoms with van der Waals surface area (Å²) in [5.74, 6) is 0.140. The first-order valence-corrected chi connectivity index (χ1v) is 10.4. The zero-order valence-corrected chi connectivity index (χ0v) is 16.0. The smallest absolute Gasteiger partial charge is 0.232 e. The van der Waals surface area contributed by atoms with Crippen molar-refractivity contribution in [2.45, 2.75) is 32.1 Å². The third-order valence-corrected chi connectivity index (χ3v) is 5.59. The molecule has 0 spiro atoms. The quantitative estimate of drug-likeness (QED) is 0.685. The molecule has 136 valence electrons. The summed E-state index contributed by atoms with van der Waals surface area (Å²) in [6.07, 6.45) is 1.16. The number of carbonyl (C=O) groups is 1. The molecular weight excluding hydrogens is 362 g/mol. The molecule has 1 aromatic heterocycles. The van der Waals surface area contributed by atoms with Crippen LogP contribution in [0.2, 0.25) is 0 Å². The Bertz CT molecular complexity index is 847. The summed E-state index contributed by atoms with van der Waals surface area (Å²) in [6, 6.07) is 7.22. The highest BCUT2D eigenvalue weighted by atomic mass is 32.2. The van der Waals surface area contributed by atoms with E-state index in [2.05, 4.69) is 10.2 Å². The first kappa shape index (κ1) is 19.3. The molecule has 0 saturated heterocycles. The van der Waals surface area contributed by atoms with E-state index in [0.29, 0.717) is 23.2 Å². The lowest BCUT2D eigenvalue weighted by Gasteiger charge is -2.22. The van der Waals surface area contributed by atoms with Gasteiger partial charge in [0.1, 0.15) is 0 Å². The maximum atomic E-state index is 12.2. The minimum Gasteiger partial charge on any atom is -0.369 e. The van der Waals surface area contributed by atoms with Crippen molar-refractivity contribution in [2.24, 2.45) is 5.73 Å². The van der Waals surface area contributed by atoms with E-state index >= 15 is 0 Å². The molecule has 2 N–H and O–H groups in total. The van der Waals surface area contributed by atoms with E-state index in [0.717, 1.165) is 11.8 Å². The van der Waals surface area contributed by atoms with E-state index < -0.39 is 15.9 Å². The number of hydrogen-bond acceptors (Lipinski definition) is 6. The number of rotatable bonds is 8. The highest BCUT2D eigenvalue weighted by Crippen LogP contribution is 2.23. The normalized spacial score (nSPS) is 11.5. The Balaban J connectivity index is 2.33. The molecule has 2 rings (SSSR count). The fraction of sp³-hybridized carbons (Fsp3) is 0.400. The first-order valence-electron chi connectivity index (χ1n) is 7.60. The van der Waals surface area contributed by atoms with Crippen molar-refractivity contribution in [1.82, 2.24) is 14.8 Å². The Morgan fingerprint density at radius 3 is 2.44 bits per heavy atom. The number of primary amides is 1. The Morgan fingerprint density at radius 2 is 1.92 bits per heavy atom. The summed E-state index contributed by atoms with van der Waals surface area (Å²) in [4.78, 5) is 11.0. The van der Waals surface area contributed by atoms with Gasteiger partial charge < -0.3 is 10.3 Å². The lowest BCUT2D eigenvalue weighted by molar-refractivity contribution is -0.115. The van der Waals surface area contributed by atoms with Gasteiger partial charge in [-0.05, 0) is 26.0 Å². The maximum Gasteiger partial charge on any atom is 0.232 e. The van der Waals surface area contributed by atoms with Crippen LogP contribution in [-0.2, 0) is 27.9 Å². The summed E-state index contributed by atoms with van der Waals surface area (Å²) in [6.45, 7) is 4.44.